The molecule has 6 heteroatoms. The van der Waals surface area contributed by atoms with Crippen molar-refractivity contribution in [2.75, 3.05) is 34.0 Å². The fourth-order valence-corrected chi connectivity index (χ4v) is 0.838. The minimum atomic E-state index is -3.67. The van der Waals surface area contributed by atoms with Crippen molar-refractivity contribution in [3.63, 3.8) is 0 Å². The monoisotopic (exact) mass is 226 g/mol. The first kappa shape index (κ1) is 14.4. The minimum Gasteiger partial charge on any atom is -0.382 e. The van der Waals surface area contributed by atoms with Gasteiger partial charge in [-0.05, 0) is 6.42 Å². The molecule has 0 rings (SSSR count). The van der Waals surface area contributed by atoms with Crippen LogP contribution in [0.5, 0.6) is 0 Å². The van der Waals surface area contributed by atoms with Gasteiger partial charge in [0.15, 0.2) is 0 Å². The second kappa shape index (κ2) is 7.67. The standard InChI is InChI=1S/C9H16F2O4/c1-13-6-7-15-5-3-4-8(12)9(10,11)14-2/h3-7H2,1-2H3. The number of Topliss-reactive ketones (excluding diaryl/α,β-unsaturated/α-hetero) is 1. The summed E-state index contributed by atoms with van der Waals surface area (Å²) in [6, 6.07) is 0. The van der Waals surface area contributed by atoms with Crippen LogP contribution in [0.2, 0.25) is 0 Å². The van der Waals surface area contributed by atoms with Gasteiger partial charge in [-0.2, -0.15) is 8.78 Å². The van der Waals surface area contributed by atoms with Crippen molar-refractivity contribution < 1.29 is 27.8 Å². The Bertz CT molecular complexity index is 185. The van der Waals surface area contributed by atoms with E-state index in [2.05, 4.69) is 4.74 Å². The number of hydrogen-bond acceptors (Lipinski definition) is 4. The van der Waals surface area contributed by atoms with Gasteiger partial charge in [0.05, 0.1) is 13.2 Å². The number of methoxy groups -OCH3 is 2. The second-order valence-corrected chi connectivity index (χ2v) is 2.85. The van der Waals surface area contributed by atoms with Crippen LogP contribution >= 0.6 is 0 Å². The predicted molar refractivity (Wildman–Crippen MR) is 48.9 cm³/mol. The van der Waals surface area contributed by atoms with Crippen LogP contribution in [0.15, 0.2) is 0 Å². The van der Waals surface area contributed by atoms with Gasteiger partial charge in [0, 0.05) is 27.2 Å². The zero-order valence-electron chi connectivity index (χ0n) is 8.92. The number of carbonyl (C=O) groups is 1. The molecule has 0 aliphatic rings. The SMILES string of the molecule is COCCOCCCC(=O)C(F)(F)OC. The number of ketones is 1. The fourth-order valence-electron chi connectivity index (χ4n) is 0.838. The topological polar surface area (TPSA) is 44.8 Å². The Balaban J connectivity index is 3.47. The Kier molecular flexibility index (Phi) is 7.37. The molecule has 0 aliphatic heterocycles. The Morgan fingerprint density at radius 3 is 2.40 bits per heavy atom. The summed E-state index contributed by atoms with van der Waals surface area (Å²) >= 11 is 0. The third kappa shape index (κ3) is 6.48. The van der Waals surface area contributed by atoms with Gasteiger partial charge in [-0.15, -0.1) is 0 Å². The molecule has 90 valence electrons. The highest BCUT2D eigenvalue weighted by Crippen LogP contribution is 2.17. The maximum atomic E-state index is 12.5. The molecular formula is C9H16F2O4. The first-order valence-electron chi connectivity index (χ1n) is 4.57. The first-order chi connectivity index (χ1) is 7.04. The molecule has 0 saturated carbocycles. The molecule has 0 heterocycles. The normalized spacial score (nSPS) is 11.7. The number of hydrogen-bond donors (Lipinski definition) is 0. The predicted octanol–water partition coefficient (Wildman–Crippen LogP) is 1.24. The Morgan fingerprint density at radius 1 is 1.20 bits per heavy atom. The lowest BCUT2D eigenvalue weighted by atomic mass is 10.2. The molecule has 0 aromatic carbocycles. The van der Waals surface area contributed by atoms with E-state index in [0.29, 0.717) is 13.2 Å². The highest BCUT2D eigenvalue weighted by molar-refractivity contribution is 5.84. The van der Waals surface area contributed by atoms with Crippen molar-refractivity contribution in [1.82, 2.24) is 0 Å². The average molecular weight is 226 g/mol. The maximum Gasteiger partial charge on any atom is 0.415 e. The smallest absolute Gasteiger partial charge is 0.382 e. The lowest BCUT2D eigenvalue weighted by Crippen LogP contribution is -2.30. The third-order valence-electron chi connectivity index (χ3n) is 1.71. The van der Waals surface area contributed by atoms with E-state index in [1.54, 1.807) is 0 Å². The largest absolute Gasteiger partial charge is 0.415 e. The van der Waals surface area contributed by atoms with E-state index in [1.807, 2.05) is 0 Å². The maximum absolute atomic E-state index is 12.5. The van der Waals surface area contributed by atoms with Crippen molar-refractivity contribution in [1.29, 1.82) is 0 Å². The van der Waals surface area contributed by atoms with Gasteiger partial charge in [0.2, 0.25) is 5.78 Å². The number of ether oxygens (including phenoxy) is 3. The van der Waals surface area contributed by atoms with E-state index in [1.165, 1.54) is 7.11 Å². The number of carbonyl (C=O) groups excluding carboxylic acids is 1. The van der Waals surface area contributed by atoms with E-state index in [9.17, 15) is 13.6 Å². The van der Waals surface area contributed by atoms with E-state index < -0.39 is 11.9 Å². The average Bonchev–Trinajstić information content (AvgIpc) is 2.22. The van der Waals surface area contributed by atoms with Gasteiger partial charge >= 0.3 is 6.11 Å². The summed E-state index contributed by atoms with van der Waals surface area (Å²) in [6.07, 6.45) is -3.68. The summed E-state index contributed by atoms with van der Waals surface area (Å²) < 4.78 is 38.6. The zero-order valence-corrected chi connectivity index (χ0v) is 8.92. The highest BCUT2D eigenvalue weighted by Gasteiger charge is 2.37. The molecular weight excluding hydrogens is 210 g/mol. The van der Waals surface area contributed by atoms with Crippen molar-refractivity contribution in [2.45, 2.75) is 19.0 Å². The van der Waals surface area contributed by atoms with Gasteiger partial charge in [-0.3, -0.25) is 4.79 Å². The van der Waals surface area contributed by atoms with Crippen LogP contribution < -0.4 is 0 Å². The van der Waals surface area contributed by atoms with Crippen LogP contribution in [0, 0.1) is 0 Å². The Hall–Kier alpha value is -0.590. The van der Waals surface area contributed by atoms with Gasteiger partial charge in [-0.1, -0.05) is 0 Å². The molecule has 4 nitrogen and oxygen atoms in total. The quantitative estimate of drug-likeness (QED) is 0.555. The van der Waals surface area contributed by atoms with Crippen LogP contribution in [0.3, 0.4) is 0 Å². The fraction of sp³-hybridized carbons (Fsp3) is 0.889. The summed E-state index contributed by atoms with van der Waals surface area (Å²) in [6.45, 7) is 1.10. The first-order valence-corrected chi connectivity index (χ1v) is 4.57. The van der Waals surface area contributed by atoms with Crippen molar-refractivity contribution in [3.05, 3.63) is 0 Å². The number of halogens is 2. The molecule has 15 heavy (non-hydrogen) atoms. The van der Waals surface area contributed by atoms with Gasteiger partial charge < -0.3 is 14.2 Å². The molecule has 0 spiro atoms. The summed E-state index contributed by atoms with van der Waals surface area (Å²) in [5, 5.41) is 0. The van der Waals surface area contributed by atoms with Crippen LogP contribution in [0.4, 0.5) is 8.78 Å². The summed E-state index contributed by atoms with van der Waals surface area (Å²) in [5.41, 5.74) is 0. The van der Waals surface area contributed by atoms with Crippen LogP contribution in [0.25, 0.3) is 0 Å². The molecule has 0 aromatic heterocycles. The number of alkyl halides is 2. The van der Waals surface area contributed by atoms with Gasteiger partial charge in [-0.25, -0.2) is 0 Å². The van der Waals surface area contributed by atoms with Gasteiger partial charge in [0.25, 0.3) is 0 Å². The number of rotatable bonds is 9. The second-order valence-electron chi connectivity index (χ2n) is 2.85. The third-order valence-corrected chi connectivity index (χ3v) is 1.71. The Morgan fingerprint density at radius 2 is 1.87 bits per heavy atom. The van der Waals surface area contributed by atoms with Crippen LogP contribution in [-0.4, -0.2) is 45.9 Å². The summed E-state index contributed by atoms with van der Waals surface area (Å²) in [5.74, 6) is -1.22. The molecule has 0 fully saturated rings. The highest BCUT2D eigenvalue weighted by atomic mass is 19.3. The van der Waals surface area contributed by atoms with E-state index in [4.69, 9.17) is 9.47 Å². The Labute approximate surface area is 87.5 Å². The minimum absolute atomic E-state index is 0.251. The van der Waals surface area contributed by atoms with E-state index >= 15 is 0 Å². The summed E-state index contributed by atoms with van der Waals surface area (Å²) in [7, 11) is 2.33. The van der Waals surface area contributed by atoms with E-state index in [-0.39, 0.29) is 19.4 Å². The molecule has 0 saturated heterocycles. The lowest BCUT2D eigenvalue weighted by Gasteiger charge is -2.11. The molecule has 0 unspecified atom stereocenters. The zero-order chi connectivity index (χ0) is 11.7. The molecule has 0 N–H and O–H groups in total. The van der Waals surface area contributed by atoms with Crippen molar-refractivity contribution >= 4 is 5.78 Å². The van der Waals surface area contributed by atoms with Crippen molar-refractivity contribution in [2.24, 2.45) is 0 Å². The van der Waals surface area contributed by atoms with Crippen LogP contribution in [0.1, 0.15) is 12.8 Å². The molecule has 0 radical (unpaired) electrons. The lowest BCUT2D eigenvalue weighted by molar-refractivity contribution is -0.217. The molecule has 0 bridgehead atoms. The molecule has 0 atom stereocenters. The molecule has 0 aromatic rings. The van der Waals surface area contributed by atoms with Crippen molar-refractivity contribution in [3.8, 4) is 0 Å². The molecule has 0 amide bonds. The van der Waals surface area contributed by atoms with Gasteiger partial charge in [0.1, 0.15) is 0 Å². The van der Waals surface area contributed by atoms with Crippen LogP contribution in [-0.2, 0) is 19.0 Å². The summed E-state index contributed by atoms with van der Waals surface area (Å²) in [4.78, 5) is 10.8. The van der Waals surface area contributed by atoms with E-state index in [0.717, 1.165) is 7.11 Å². The molecule has 0 aliphatic carbocycles.